The number of rotatable bonds is 3. The van der Waals surface area contributed by atoms with Gasteiger partial charge in [-0.2, -0.15) is 0 Å². The Hall–Kier alpha value is -2.60. The Balaban J connectivity index is 1.83. The number of halogens is 1. The first-order chi connectivity index (χ1) is 11.4. The number of fused-ring (bicyclic) bond motifs is 1. The van der Waals surface area contributed by atoms with Gasteiger partial charge in [0.25, 0.3) is 11.8 Å². The van der Waals surface area contributed by atoms with Gasteiger partial charge in [0.15, 0.2) is 0 Å². The van der Waals surface area contributed by atoms with E-state index in [1.54, 1.807) is 44.4 Å². The van der Waals surface area contributed by atoms with Crippen LogP contribution >= 0.6 is 15.9 Å². The Morgan fingerprint density at radius 3 is 2.62 bits per heavy atom. The molecule has 1 aromatic heterocycles. The molecule has 0 aliphatic carbocycles. The summed E-state index contributed by atoms with van der Waals surface area (Å²) >= 11 is 3.41. The molecule has 0 aliphatic rings. The second-order valence-electron chi connectivity index (χ2n) is 5.65. The molecule has 2 N–H and O–H groups in total. The quantitative estimate of drug-likeness (QED) is 0.718. The van der Waals surface area contributed by atoms with Crippen LogP contribution in [0.5, 0.6) is 0 Å². The Morgan fingerprint density at radius 1 is 1.08 bits per heavy atom. The van der Waals surface area contributed by atoms with Crippen molar-refractivity contribution in [2.75, 3.05) is 19.4 Å². The minimum atomic E-state index is -0.253. The fraction of sp³-hybridized carbons (Fsp3) is 0.111. The predicted octanol–water partition coefficient (Wildman–Crippen LogP) is 3.88. The highest BCUT2D eigenvalue weighted by Crippen LogP contribution is 2.21. The molecule has 0 unspecified atom stereocenters. The van der Waals surface area contributed by atoms with Crippen LogP contribution in [0.25, 0.3) is 10.9 Å². The van der Waals surface area contributed by atoms with E-state index in [0.29, 0.717) is 16.9 Å². The molecule has 0 fully saturated rings. The SMILES string of the molecule is CN(C)C(=O)c1cccc(NC(=O)c2cc3ccc(Br)cc3[nH]2)c1. The van der Waals surface area contributed by atoms with E-state index in [0.717, 1.165) is 15.4 Å². The van der Waals surface area contributed by atoms with Crippen molar-refractivity contribution in [1.29, 1.82) is 0 Å². The first kappa shape index (κ1) is 16.3. The van der Waals surface area contributed by atoms with E-state index < -0.39 is 0 Å². The maximum atomic E-state index is 12.4. The molecule has 1 heterocycles. The summed E-state index contributed by atoms with van der Waals surface area (Å²) in [5, 5.41) is 3.77. The molecule has 0 radical (unpaired) electrons. The largest absolute Gasteiger partial charge is 0.350 e. The molecule has 6 heteroatoms. The number of H-pyrrole nitrogens is 1. The van der Waals surface area contributed by atoms with Crippen LogP contribution in [0.1, 0.15) is 20.8 Å². The van der Waals surface area contributed by atoms with Gasteiger partial charge in [0, 0.05) is 40.7 Å². The molecule has 0 atom stereocenters. The van der Waals surface area contributed by atoms with E-state index in [9.17, 15) is 9.59 Å². The Morgan fingerprint density at radius 2 is 1.88 bits per heavy atom. The van der Waals surface area contributed by atoms with Crippen LogP contribution in [-0.2, 0) is 0 Å². The summed E-state index contributed by atoms with van der Waals surface area (Å²) in [6.07, 6.45) is 0. The number of nitrogens with zero attached hydrogens (tertiary/aromatic N) is 1. The highest BCUT2D eigenvalue weighted by molar-refractivity contribution is 9.10. The van der Waals surface area contributed by atoms with Crippen molar-refractivity contribution < 1.29 is 9.59 Å². The van der Waals surface area contributed by atoms with E-state index in [1.807, 2.05) is 18.2 Å². The molecule has 0 aliphatic heterocycles. The normalized spacial score (nSPS) is 10.6. The fourth-order valence-electron chi connectivity index (χ4n) is 2.41. The highest BCUT2D eigenvalue weighted by atomic mass is 79.9. The predicted molar refractivity (Wildman–Crippen MR) is 98.4 cm³/mol. The number of hydrogen-bond donors (Lipinski definition) is 2. The molecular formula is C18H16BrN3O2. The molecule has 2 amide bonds. The summed E-state index contributed by atoms with van der Waals surface area (Å²) < 4.78 is 0.943. The first-order valence-electron chi connectivity index (χ1n) is 7.35. The molecule has 0 spiro atoms. The summed E-state index contributed by atoms with van der Waals surface area (Å²) in [4.78, 5) is 29.0. The van der Waals surface area contributed by atoms with Gasteiger partial charge < -0.3 is 15.2 Å². The lowest BCUT2D eigenvalue weighted by molar-refractivity contribution is 0.0827. The summed E-state index contributed by atoms with van der Waals surface area (Å²) in [6, 6.07) is 14.5. The summed E-state index contributed by atoms with van der Waals surface area (Å²) in [5.41, 5.74) is 2.45. The zero-order valence-electron chi connectivity index (χ0n) is 13.3. The molecule has 0 saturated carbocycles. The van der Waals surface area contributed by atoms with Gasteiger partial charge in [0.05, 0.1) is 0 Å². The van der Waals surface area contributed by atoms with E-state index in [1.165, 1.54) is 4.90 Å². The van der Waals surface area contributed by atoms with Crippen LogP contribution in [0.15, 0.2) is 53.0 Å². The smallest absolute Gasteiger partial charge is 0.272 e. The van der Waals surface area contributed by atoms with Crippen molar-refractivity contribution in [2.24, 2.45) is 0 Å². The average molecular weight is 386 g/mol. The Bertz CT molecular complexity index is 931. The number of aromatic nitrogens is 1. The summed E-state index contributed by atoms with van der Waals surface area (Å²) in [7, 11) is 3.38. The van der Waals surface area contributed by atoms with Crippen molar-refractivity contribution in [3.63, 3.8) is 0 Å². The van der Waals surface area contributed by atoms with Crippen LogP contribution in [0, 0.1) is 0 Å². The number of carbonyl (C=O) groups is 2. The zero-order valence-corrected chi connectivity index (χ0v) is 14.8. The van der Waals surface area contributed by atoms with Crippen LogP contribution in [0.3, 0.4) is 0 Å². The Kier molecular flexibility index (Phi) is 4.40. The summed E-state index contributed by atoms with van der Waals surface area (Å²) in [5.74, 6) is -0.363. The summed E-state index contributed by atoms with van der Waals surface area (Å²) in [6.45, 7) is 0. The minimum Gasteiger partial charge on any atom is -0.350 e. The number of anilines is 1. The van der Waals surface area contributed by atoms with Gasteiger partial charge in [-0.25, -0.2) is 0 Å². The number of carbonyl (C=O) groups excluding carboxylic acids is 2. The van der Waals surface area contributed by atoms with Crippen molar-refractivity contribution in [3.8, 4) is 0 Å². The molecule has 3 aromatic rings. The first-order valence-corrected chi connectivity index (χ1v) is 8.15. The van der Waals surface area contributed by atoms with Gasteiger partial charge >= 0.3 is 0 Å². The van der Waals surface area contributed by atoms with Crippen molar-refractivity contribution >= 4 is 44.3 Å². The van der Waals surface area contributed by atoms with Crippen molar-refractivity contribution in [1.82, 2.24) is 9.88 Å². The van der Waals surface area contributed by atoms with Crippen molar-refractivity contribution in [2.45, 2.75) is 0 Å². The number of hydrogen-bond acceptors (Lipinski definition) is 2. The number of amides is 2. The minimum absolute atomic E-state index is 0.110. The van der Waals surface area contributed by atoms with Crippen molar-refractivity contribution in [3.05, 3.63) is 64.3 Å². The van der Waals surface area contributed by atoms with Crippen LogP contribution in [0.4, 0.5) is 5.69 Å². The fourth-order valence-corrected chi connectivity index (χ4v) is 2.77. The molecule has 3 rings (SSSR count). The monoisotopic (exact) mass is 385 g/mol. The van der Waals surface area contributed by atoms with Crippen LogP contribution in [-0.4, -0.2) is 35.8 Å². The molecule has 122 valence electrons. The van der Waals surface area contributed by atoms with Gasteiger partial charge in [-0.1, -0.05) is 28.1 Å². The van der Waals surface area contributed by atoms with Gasteiger partial charge in [-0.15, -0.1) is 0 Å². The lowest BCUT2D eigenvalue weighted by atomic mass is 10.2. The number of nitrogens with one attached hydrogen (secondary N) is 2. The van der Waals surface area contributed by atoms with E-state index in [4.69, 9.17) is 0 Å². The zero-order chi connectivity index (χ0) is 17.3. The van der Waals surface area contributed by atoms with Gasteiger partial charge in [-0.3, -0.25) is 9.59 Å². The standard InChI is InChI=1S/C18H16BrN3O2/c1-22(2)18(24)12-4-3-5-14(8-12)20-17(23)16-9-11-6-7-13(19)10-15(11)21-16/h3-10,21H,1-2H3,(H,20,23). The maximum Gasteiger partial charge on any atom is 0.272 e. The third-order valence-corrected chi connectivity index (χ3v) is 4.10. The van der Waals surface area contributed by atoms with Gasteiger partial charge in [-0.05, 0) is 36.4 Å². The van der Waals surface area contributed by atoms with Gasteiger partial charge in [0.1, 0.15) is 5.69 Å². The number of benzene rings is 2. The topological polar surface area (TPSA) is 65.2 Å². The second-order valence-corrected chi connectivity index (χ2v) is 6.56. The van der Waals surface area contributed by atoms with E-state index >= 15 is 0 Å². The lowest BCUT2D eigenvalue weighted by Gasteiger charge is -2.11. The molecule has 2 aromatic carbocycles. The lowest BCUT2D eigenvalue weighted by Crippen LogP contribution is -2.22. The highest BCUT2D eigenvalue weighted by Gasteiger charge is 2.12. The van der Waals surface area contributed by atoms with E-state index in [2.05, 4.69) is 26.2 Å². The van der Waals surface area contributed by atoms with Gasteiger partial charge in [0.2, 0.25) is 0 Å². The maximum absolute atomic E-state index is 12.4. The van der Waals surface area contributed by atoms with Crippen LogP contribution in [0.2, 0.25) is 0 Å². The molecule has 0 saturated heterocycles. The number of aromatic amines is 1. The molecule has 5 nitrogen and oxygen atoms in total. The Labute approximate surface area is 147 Å². The van der Waals surface area contributed by atoms with Crippen LogP contribution < -0.4 is 5.32 Å². The third-order valence-electron chi connectivity index (χ3n) is 3.60. The second kappa shape index (κ2) is 6.49. The molecular weight excluding hydrogens is 370 g/mol. The van der Waals surface area contributed by atoms with E-state index in [-0.39, 0.29) is 11.8 Å². The molecule has 0 bridgehead atoms. The molecule has 24 heavy (non-hydrogen) atoms. The third kappa shape index (κ3) is 3.33. The average Bonchev–Trinajstić information content (AvgIpc) is 2.97.